The lowest BCUT2D eigenvalue weighted by molar-refractivity contribution is -0.138. The van der Waals surface area contributed by atoms with Gasteiger partial charge in [0, 0.05) is 12.6 Å². The van der Waals surface area contributed by atoms with Gasteiger partial charge < -0.3 is 9.68 Å². The van der Waals surface area contributed by atoms with Crippen molar-refractivity contribution in [2.45, 2.75) is 26.1 Å². The number of carbonyl (C=O) groups excluding carboxylic acids is 1. The SMILES string of the molecule is Cc1cnc(C(=O)Cc2ccc3c(c2)B(O)OC3)c(C(F)(F)F)c1. The minimum atomic E-state index is -4.65. The van der Waals surface area contributed by atoms with E-state index in [0.29, 0.717) is 16.6 Å². The van der Waals surface area contributed by atoms with Crippen LogP contribution in [0.25, 0.3) is 0 Å². The summed E-state index contributed by atoms with van der Waals surface area (Å²) in [6.45, 7) is 1.75. The summed E-state index contributed by atoms with van der Waals surface area (Å²) in [5, 5.41) is 9.67. The van der Waals surface area contributed by atoms with Crippen LogP contribution in [0.4, 0.5) is 13.2 Å². The number of halogens is 3. The molecule has 1 aliphatic heterocycles. The summed E-state index contributed by atoms with van der Waals surface area (Å²) in [6, 6.07) is 5.83. The van der Waals surface area contributed by atoms with Crippen LogP contribution in [0.3, 0.4) is 0 Å². The average molecular weight is 335 g/mol. The monoisotopic (exact) mass is 335 g/mol. The zero-order chi connectivity index (χ0) is 17.5. The Kier molecular flexibility index (Phi) is 4.19. The van der Waals surface area contributed by atoms with E-state index in [0.717, 1.165) is 11.6 Å². The molecule has 24 heavy (non-hydrogen) atoms. The number of hydrogen-bond donors (Lipinski definition) is 1. The van der Waals surface area contributed by atoms with Gasteiger partial charge in [-0.25, -0.2) is 0 Å². The van der Waals surface area contributed by atoms with Crippen LogP contribution >= 0.6 is 0 Å². The van der Waals surface area contributed by atoms with Gasteiger partial charge >= 0.3 is 13.3 Å². The van der Waals surface area contributed by atoms with Gasteiger partial charge in [0.15, 0.2) is 5.78 Å². The van der Waals surface area contributed by atoms with E-state index < -0.39 is 30.3 Å². The van der Waals surface area contributed by atoms with Crippen molar-refractivity contribution in [1.82, 2.24) is 4.98 Å². The maximum atomic E-state index is 13.1. The highest BCUT2D eigenvalue weighted by atomic mass is 19.4. The van der Waals surface area contributed by atoms with Gasteiger partial charge in [-0.1, -0.05) is 18.2 Å². The first-order valence-electron chi connectivity index (χ1n) is 7.24. The van der Waals surface area contributed by atoms with Gasteiger partial charge in [0.1, 0.15) is 5.69 Å². The summed E-state index contributed by atoms with van der Waals surface area (Å²) in [6.07, 6.45) is -3.64. The molecule has 0 bridgehead atoms. The zero-order valence-electron chi connectivity index (χ0n) is 12.7. The van der Waals surface area contributed by atoms with E-state index in [1.54, 1.807) is 18.2 Å². The highest BCUT2D eigenvalue weighted by molar-refractivity contribution is 6.61. The van der Waals surface area contributed by atoms with Crippen LogP contribution < -0.4 is 5.46 Å². The molecule has 1 aliphatic rings. The number of nitrogens with zero attached hydrogens (tertiary/aromatic N) is 1. The lowest BCUT2D eigenvalue weighted by atomic mass is 9.78. The standard InChI is InChI=1S/C16H13BF3NO3/c1-9-4-12(16(18,19)20)15(21-7-9)14(22)6-10-2-3-11-8-24-17(23)13(11)5-10/h2-5,7,23H,6,8H2,1H3. The first-order valence-corrected chi connectivity index (χ1v) is 7.24. The Bertz CT molecular complexity index is 808. The maximum absolute atomic E-state index is 13.1. The van der Waals surface area contributed by atoms with Crippen molar-refractivity contribution in [3.05, 3.63) is 58.4 Å². The fourth-order valence-corrected chi connectivity index (χ4v) is 2.65. The normalized spacial score (nSPS) is 14.0. The second kappa shape index (κ2) is 6.03. The summed E-state index contributed by atoms with van der Waals surface area (Å²) < 4.78 is 44.4. The molecule has 0 saturated heterocycles. The number of pyridine rings is 1. The molecule has 8 heteroatoms. The number of alkyl halides is 3. The predicted octanol–water partition coefficient (Wildman–Crippen LogP) is 2.05. The van der Waals surface area contributed by atoms with Crippen LogP contribution in [0.1, 0.15) is 32.7 Å². The van der Waals surface area contributed by atoms with Gasteiger partial charge in [-0.2, -0.15) is 13.2 Å². The topological polar surface area (TPSA) is 59.4 Å². The zero-order valence-corrected chi connectivity index (χ0v) is 12.7. The van der Waals surface area contributed by atoms with Crippen molar-refractivity contribution < 1.29 is 27.6 Å². The van der Waals surface area contributed by atoms with Gasteiger partial charge in [0.05, 0.1) is 12.2 Å². The summed E-state index contributed by atoms with van der Waals surface area (Å²) in [5.41, 5.74) is 0.536. The molecule has 1 N–H and O–H groups in total. The third-order valence-electron chi connectivity index (χ3n) is 3.83. The molecule has 0 fully saturated rings. The molecule has 1 aromatic heterocycles. The van der Waals surface area contributed by atoms with Gasteiger partial charge in [-0.15, -0.1) is 0 Å². The van der Waals surface area contributed by atoms with Crippen molar-refractivity contribution >= 4 is 18.4 Å². The van der Waals surface area contributed by atoms with Crippen molar-refractivity contribution in [3.63, 3.8) is 0 Å². The van der Waals surface area contributed by atoms with Crippen LogP contribution in [-0.4, -0.2) is 22.9 Å². The number of Topliss-reactive ketones (excluding diaryl/α,β-unsaturated/α-hetero) is 1. The number of ketones is 1. The number of fused-ring (bicyclic) bond motifs is 1. The van der Waals surface area contributed by atoms with E-state index in [1.165, 1.54) is 13.1 Å². The number of aromatic nitrogens is 1. The van der Waals surface area contributed by atoms with Gasteiger partial charge in [-0.3, -0.25) is 9.78 Å². The van der Waals surface area contributed by atoms with Gasteiger partial charge in [-0.05, 0) is 35.1 Å². The number of hydrogen-bond acceptors (Lipinski definition) is 4. The van der Waals surface area contributed by atoms with E-state index in [1.807, 2.05) is 0 Å². The molecule has 2 heterocycles. The Balaban J connectivity index is 1.90. The number of carbonyl (C=O) groups is 1. The molecule has 0 unspecified atom stereocenters. The first kappa shape index (κ1) is 16.7. The lowest BCUT2D eigenvalue weighted by Crippen LogP contribution is -2.28. The van der Waals surface area contributed by atoms with E-state index >= 15 is 0 Å². The van der Waals surface area contributed by atoms with E-state index in [2.05, 4.69) is 4.98 Å². The first-order chi connectivity index (χ1) is 11.3. The Morgan fingerprint density at radius 1 is 1.38 bits per heavy atom. The van der Waals surface area contributed by atoms with Crippen molar-refractivity contribution in [2.24, 2.45) is 0 Å². The Hall–Kier alpha value is -2.19. The van der Waals surface area contributed by atoms with Gasteiger partial charge in [0.2, 0.25) is 0 Å². The van der Waals surface area contributed by atoms with Crippen LogP contribution in [0.5, 0.6) is 0 Å². The Labute approximate surface area is 136 Å². The summed E-state index contributed by atoms with van der Waals surface area (Å²) in [5.74, 6) is -0.726. The lowest BCUT2D eigenvalue weighted by Gasteiger charge is -2.12. The van der Waals surface area contributed by atoms with Crippen molar-refractivity contribution in [3.8, 4) is 0 Å². The van der Waals surface area contributed by atoms with Crippen LogP contribution in [0.15, 0.2) is 30.5 Å². The van der Waals surface area contributed by atoms with E-state index in [4.69, 9.17) is 4.65 Å². The second-order valence-electron chi connectivity index (χ2n) is 5.70. The van der Waals surface area contributed by atoms with E-state index in [9.17, 15) is 23.0 Å². The second-order valence-corrected chi connectivity index (χ2v) is 5.70. The minimum Gasteiger partial charge on any atom is -0.423 e. The molecule has 2 aromatic rings. The quantitative estimate of drug-likeness (QED) is 0.689. The highest BCUT2D eigenvalue weighted by Crippen LogP contribution is 2.32. The van der Waals surface area contributed by atoms with Crippen LogP contribution in [0, 0.1) is 6.92 Å². The average Bonchev–Trinajstić information content (AvgIpc) is 2.87. The molecule has 3 rings (SSSR count). The highest BCUT2D eigenvalue weighted by Gasteiger charge is 2.36. The summed E-state index contributed by atoms with van der Waals surface area (Å²) >= 11 is 0. The molecular formula is C16H13BF3NO3. The number of rotatable bonds is 3. The fraction of sp³-hybridized carbons (Fsp3) is 0.250. The maximum Gasteiger partial charge on any atom is 0.491 e. The van der Waals surface area contributed by atoms with Crippen molar-refractivity contribution in [2.75, 3.05) is 0 Å². The van der Waals surface area contributed by atoms with Crippen molar-refractivity contribution in [1.29, 1.82) is 0 Å². The molecule has 4 nitrogen and oxygen atoms in total. The van der Waals surface area contributed by atoms with Gasteiger partial charge in [0.25, 0.3) is 0 Å². The predicted molar refractivity (Wildman–Crippen MR) is 80.8 cm³/mol. The molecule has 0 aliphatic carbocycles. The Morgan fingerprint density at radius 2 is 2.12 bits per heavy atom. The fourth-order valence-electron chi connectivity index (χ4n) is 2.65. The minimum absolute atomic E-state index is 0.237. The third-order valence-corrected chi connectivity index (χ3v) is 3.83. The number of aryl methyl sites for hydroxylation is 1. The smallest absolute Gasteiger partial charge is 0.423 e. The Morgan fingerprint density at radius 3 is 2.83 bits per heavy atom. The molecule has 124 valence electrons. The molecule has 0 amide bonds. The molecular weight excluding hydrogens is 322 g/mol. The molecule has 0 saturated carbocycles. The largest absolute Gasteiger partial charge is 0.491 e. The molecule has 0 spiro atoms. The summed E-state index contributed by atoms with van der Waals surface area (Å²) in [4.78, 5) is 16.0. The molecule has 0 radical (unpaired) electrons. The van der Waals surface area contributed by atoms with E-state index in [-0.39, 0.29) is 13.0 Å². The molecule has 0 atom stereocenters. The van der Waals surface area contributed by atoms with Crippen LogP contribution in [0.2, 0.25) is 0 Å². The third kappa shape index (κ3) is 3.20. The summed E-state index contributed by atoms with van der Waals surface area (Å²) in [7, 11) is -1.07. The van der Waals surface area contributed by atoms with Crippen LogP contribution in [-0.2, 0) is 23.9 Å². The molecule has 1 aromatic carbocycles. The number of benzene rings is 1.